The van der Waals surface area contributed by atoms with Gasteiger partial charge in [-0.05, 0) is 36.4 Å². The van der Waals surface area contributed by atoms with Gasteiger partial charge in [-0.25, -0.2) is 0 Å². The molecule has 0 radical (unpaired) electrons. The first-order valence-corrected chi connectivity index (χ1v) is 7.95. The highest BCUT2D eigenvalue weighted by atomic mass is 16.5. The molecular weight excluding hydrogens is 332 g/mol. The Morgan fingerprint density at radius 1 is 0.731 bits per heavy atom. The zero-order chi connectivity index (χ0) is 18.3. The molecule has 0 saturated heterocycles. The Kier molecular flexibility index (Phi) is 3.73. The summed E-state index contributed by atoms with van der Waals surface area (Å²) in [5.74, 6) is 0.720. The van der Waals surface area contributed by atoms with Crippen LogP contribution in [0.15, 0.2) is 48.8 Å². The summed E-state index contributed by atoms with van der Waals surface area (Å²) >= 11 is 0. The second-order valence-corrected chi connectivity index (χ2v) is 5.75. The van der Waals surface area contributed by atoms with Crippen molar-refractivity contribution in [3.05, 3.63) is 48.8 Å². The van der Waals surface area contributed by atoms with Crippen molar-refractivity contribution in [2.24, 2.45) is 0 Å². The summed E-state index contributed by atoms with van der Waals surface area (Å²) in [7, 11) is 2.99. The van der Waals surface area contributed by atoms with Crippen LogP contribution in [-0.2, 0) is 0 Å². The first kappa shape index (κ1) is 16.0. The van der Waals surface area contributed by atoms with E-state index in [1.54, 1.807) is 48.8 Å². The largest absolute Gasteiger partial charge is 0.504 e. The fourth-order valence-electron chi connectivity index (χ4n) is 3.14. The Morgan fingerprint density at radius 2 is 1.15 bits per heavy atom. The summed E-state index contributed by atoms with van der Waals surface area (Å²) in [6.07, 6.45) is 3.32. The van der Waals surface area contributed by atoms with Crippen LogP contribution in [0.2, 0.25) is 0 Å². The van der Waals surface area contributed by atoms with Crippen molar-refractivity contribution >= 4 is 21.8 Å². The molecule has 26 heavy (non-hydrogen) atoms. The fourth-order valence-corrected chi connectivity index (χ4v) is 3.14. The Morgan fingerprint density at radius 3 is 1.54 bits per heavy atom. The van der Waals surface area contributed by atoms with E-state index in [-0.39, 0.29) is 11.5 Å². The molecule has 6 nitrogen and oxygen atoms in total. The highest BCUT2D eigenvalue weighted by Gasteiger charge is 2.19. The predicted octanol–water partition coefficient (Wildman–Crippen LogP) is 3.88. The van der Waals surface area contributed by atoms with E-state index >= 15 is 0 Å². The van der Waals surface area contributed by atoms with Gasteiger partial charge in [0.15, 0.2) is 23.0 Å². The van der Waals surface area contributed by atoms with Crippen LogP contribution in [0, 0.1) is 0 Å². The monoisotopic (exact) mass is 348 g/mol. The average Bonchev–Trinajstić information content (AvgIpc) is 2.69. The molecule has 2 aromatic carbocycles. The Balaban J connectivity index is 2.18. The lowest BCUT2D eigenvalue weighted by molar-refractivity contribution is 0.376. The van der Waals surface area contributed by atoms with E-state index in [9.17, 15) is 10.2 Å². The first-order chi connectivity index (χ1) is 12.7. The summed E-state index contributed by atoms with van der Waals surface area (Å²) in [5, 5.41) is 22.0. The van der Waals surface area contributed by atoms with E-state index in [1.165, 1.54) is 14.2 Å². The Hall–Kier alpha value is -3.54. The van der Waals surface area contributed by atoms with Gasteiger partial charge in [0.25, 0.3) is 0 Å². The topological polar surface area (TPSA) is 84.7 Å². The summed E-state index contributed by atoms with van der Waals surface area (Å²) in [6.45, 7) is 0. The lowest BCUT2D eigenvalue weighted by atomic mass is 9.97. The molecule has 0 bridgehead atoms. The molecule has 2 N–H and O–H groups in total. The van der Waals surface area contributed by atoms with Gasteiger partial charge in [0.2, 0.25) is 0 Å². The van der Waals surface area contributed by atoms with Crippen LogP contribution in [-0.4, -0.2) is 34.4 Å². The Bertz CT molecular complexity index is 1050. The van der Waals surface area contributed by atoms with Crippen molar-refractivity contribution in [1.29, 1.82) is 0 Å². The number of ether oxygens (including phenoxy) is 2. The standard InChI is InChI=1S/C20H16N2O4/c1-25-15-9-13(17-11(19(15)23)5-3-7-21-17)14-10-16(26-2)20(24)12-6-4-8-22-18(12)14/h3-10,23-24H,1-2H3. The highest BCUT2D eigenvalue weighted by Crippen LogP contribution is 2.45. The predicted molar refractivity (Wildman–Crippen MR) is 98.9 cm³/mol. The third-order valence-electron chi connectivity index (χ3n) is 4.38. The lowest BCUT2D eigenvalue weighted by Gasteiger charge is -2.15. The maximum atomic E-state index is 10.4. The molecular formula is C20H16N2O4. The molecule has 2 aromatic heterocycles. The lowest BCUT2D eigenvalue weighted by Crippen LogP contribution is -1.94. The van der Waals surface area contributed by atoms with E-state index in [0.29, 0.717) is 33.3 Å². The number of nitrogens with zero attached hydrogens (tertiary/aromatic N) is 2. The van der Waals surface area contributed by atoms with Crippen LogP contribution in [0.5, 0.6) is 23.0 Å². The third kappa shape index (κ3) is 2.27. The minimum atomic E-state index is 0.0300. The van der Waals surface area contributed by atoms with E-state index in [2.05, 4.69) is 9.97 Å². The van der Waals surface area contributed by atoms with Gasteiger partial charge in [-0.2, -0.15) is 0 Å². The van der Waals surface area contributed by atoms with Crippen LogP contribution < -0.4 is 9.47 Å². The van der Waals surface area contributed by atoms with E-state index in [1.807, 2.05) is 0 Å². The Labute approximate surface area is 149 Å². The van der Waals surface area contributed by atoms with Crippen LogP contribution in [0.25, 0.3) is 32.9 Å². The van der Waals surface area contributed by atoms with Crippen LogP contribution in [0.3, 0.4) is 0 Å². The molecule has 0 saturated carbocycles. The quantitative estimate of drug-likeness (QED) is 0.584. The van der Waals surface area contributed by atoms with Crippen LogP contribution in [0.1, 0.15) is 0 Å². The second kappa shape index (κ2) is 6.07. The van der Waals surface area contributed by atoms with Gasteiger partial charge in [-0.15, -0.1) is 0 Å². The van der Waals surface area contributed by atoms with Crippen molar-refractivity contribution < 1.29 is 19.7 Å². The maximum Gasteiger partial charge on any atom is 0.167 e. The summed E-state index contributed by atoms with van der Waals surface area (Å²) in [6, 6.07) is 10.5. The molecule has 130 valence electrons. The van der Waals surface area contributed by atoms with Crippen molar-refractivity contribution in [3.63, 3.8) is 0 Å². The number of methoxy groups -OCH3 is 2. The number of pyridine rings is 2. The average molecular weight is 348 g/mol. The molecule has 4 rings (SSSR count). The number of phenols is 2. The fraction of sp³-hybridized carbons (Fsp3) is 0.100. The van der Waals surface area contributed by atoms with Gasteiger partial charge < -0.3 is 19.7 Å². The van der Waals surface area contributed by atoms with Crippen molar-refractivity contribution in [2.75, 3.05) is 14.2 Å². The third-order valence-corrected chi connectivity index (χ3v) is 4.38. The SMILES string of the molecule is COc1cc(-c2cc(OC)c(O)c3cccnc23)c2ncccc2c1O. The number of benzene rings is 2. The van der Waals surface area contributed by atoms with E-state index in [4.69, 9.17) is 9.47 Å². The maximum absolute atomic E-state index is 10.4. The molecule has 0 fully saturated rings. The van der Waals surface area contributed by atoms with Gasteiger partial charge in [0.1, 0.15) is 0 Å². The summed E-state index contributed by atoms with van der Waals surface area (Å²) in [5.41, 5.74) is 2.64. The molecule has 0 aliphatic rings. The van der Waals surface area contributed by atoms with Crippen molar-refractivity contribution in [2.45, 2.75) is 0 Å². The van der Waals surface area contributed by atoms with Gasteiger partial charge in [-0.1, -0.05) is 0 Å². The molecule has 4 aromatic rings. The van der Waals surface area contributed by atoms with Gasteiger partial charge in [0.05, 0.1) is 25.3 Å². The first-order valence-electron chi connectivity index (χ1n) is 7.95. The smallest absolute Gasteiger partial charge is 0.167 e. The number of fused-ring (bicyclic) bond motifs is 2. The molecule has 0 amide bonds. The summed E-state index contributed by atoms with van der Waals surface area (Å²) < 4.78 is 10.7. The van der Waals surface area contributed by atoms with Gasteiger partial charge in [0, 0.05) is 34.3 Å². The van der Waals surface area contributed by atoms with Crippen molar-refractivity contribution in [3.8, 4) is 34.1 Å². The molecule has 2 heterocycles. The molecule has 0 aliphatic heterocycles. The second-order valence-electron chi connectivity index (χ2n) is 5.75. The normalized spacial score (nSPS) is 11.0. The molecule has 0 spiro atoms. The van der Waals surface area contributed by atoms with E-state index < -0.39 is 0 Å². The minimum absolute atomic E-state index is 0.0300. The van der Waals surface area contributed by atoms with Crippen LogP contribution in [0.4, 0.5) is 0 Å². The summed E-state index contributed by atoms with van der Waals surface area (Å²) in [4.78, 5) is 8.86. The van der Waals surface area contributed by atoms with Gasteiger partial charge >= 0.3 is 0 Å². The zero-order valence-corrected chi connectivity index (χ0v) is 14.2. The molecule has 0 atom stereocenters. The van der Waals surface area contributed by atoms with E-state index in [0.717, 1.165) is 11.1 Å². The molecule has 6 heteroatoms. The number of aromatic nitrogens is 2. The zero-order valence-electron chi connectivity index (χ0n) is 14.2. The number of hydrogen-bond donors (Lipinski definition) is 2. The highest BCUT2D eigenvalue weighted by molar-refractivity contribution is 6.07. The van der Waals surface area contributed by atoms with Crippen LogP contribution >= 0.6 is 0 Å². The number of aromatic hydroxyl groups is 2. The molecule has 0 unspecified atom stereocenters. The van der Waals surface area contributed by atoms with Crippen molar-refractivity contribution in [1.82, 2.24) is 9.97 Å². The number of hydrogen-bond acceptors (Lipinski definition) is 6. The molecule has 0 aliphatic carbocycles. The minimum Gasteiger partial charge on any atom is -0.504 e. The van der Waals surface area contributed by atoms with Gasteiger partial charge in [-0.3, -0.25) is 9.97 Å². The number of phenolic OH excluding ortho intramolecular Hbond substituents is 2. The number of rotatable bonds is 3.